The first-order chi connectivity index (χ1) is 5.27. The molecule has 0 aromatic heterocycles. The molecule has 1 atom stereocenters. The van der Waals surface area contributed by atoms with E-state index in [0.29, 0.717) is 13.2 Å². The molecule has 0 amide bonds. The summed E-state index contributed by atoms with van der Waals surface area (Å²) in [4.78, 5) is 0. The van der Waals surface area contributed by atoms with Gasteiger partial charge in [0.25, 0.3) is 0 Å². The van der Waals surface area contributed by atoms with Gasteiger partial charge in [-0.3, -0.25) is 4.18 Å². The Kier molecular flexibility index (Phi) is 8.08. The van der Waals surface area contributed by atoms with Gasteiger partial charge >= 0.3 is 0 Å². The fraction of sp³-hybridized carbons (Fsp3) is 1.00. The second kappa shape index (κ2) is 8.09. The van der Waals surface area contributed by atoms with Crippen molar-refractivity contribution in [1.29, 1.82) is 0 Å². The molecule has 0 saturated heterocycles. The van der Waals surface area contributed by atoms with E-state index in [-0.39, 0.29) is 13.2 Å². The minimum Gasteiger partial charge on any atom is -0.750 e. The molecule has 0 heterocycles. The van der Waals surface area contributed by atoms with Crippen molar-refractivity contribution in [3.63, 3.8) is 0 Å². The van der Waals surface area contributed by atoms with Gasteiger partial charge in [-0.2, -0.15) is 0 Å². The number of hydrogen-bond acceptors (Lipinski definition) is 5. The van der Waals surface area contributed by atoms with Crippen LogP contribution >= 0.6 is 0 Å². The molecule has 0 aromatic carbocycles. The summed E-state index contributed by atoms with van der Waals surface area (Å²) in [5.74, 6) is 0. The second-order valence-corrected chi connectivity index (χ2v) is 2.28. The molecule has 1 unspecified atom stereocenters. The SMILES string of the molecule is COCCOCCOS(=O)[O-]. The third-order valence-corrected chi connectivity index (χ3v) is 1.20. The standard InChI is InChI=1S/C5H12O5S/c1-8-2-3-9-4-5-10-11(6)7/h2-5H2,1H3,(H,6,7)/p-1. The van der Waals surface area contributed by atoms with Crippen molar-refractivity contribution in [2.24, 2.45) is 0 Å². The van der Waals surface area contributed by atoms with Crippen LogP contribution in [0.5, 0.6) is 0 Å². The van der Waals surface area contributed by atoms with Gasteiger partial charge in [-0.1, -0.05) is 0 Å². The molecule has 0 fully saturated rings. The molecular weight excluding hydrogens is 172 g/mol. The van der Waals surface area contributed by atoms with Crippen molar-refractivity contribution in [1.82, 2.24) is 0 Å². The Morgan fingerprint density at radius 3 is 2.45 bits per heavy atom. The number of rotatable bonds is 7. The Balaban J connectivity index is 2.85. The van der Waals surface area contributed by atoms with Crippen LogP contribution in [-0.4, -0.2) is 42.3 Å². The van der Waals surface area contributed by atoms with Crippen molar-refractivity contribution in [3.8, 4) is 0 Å². The monoisotopic (exact) mass is 183 g/mol. The summed E-state index contributed by atoms with van der Waals surface area (Å²) >= 11 is -2.43. The van der Waals surface area contributed by atoms with E-state index in [1.165, 1.54) is 0 Å². The van der Waals surface area contributed by atoms with E-state index in [0.717, 1.165) is 0 Å². The summed E-state index contributed by atoms with van der Waals surface area (Å²) in [6.07, 6.45) is 0. The molecule has 6 heteroatoms. The summed E-state index contributed by atoms with van der Waals surface area (Å²) in [5.41, 5.74) is 0. The Bertz CT molecular complexity index is 107. The average molecular weight is 183 g/mol. The molecule has 68 valence electrons. The minimum atomic E-state index is -2.43. The van der Waals surface area contributed by atoms with Crippen LogP contribution in [0.2, 0.25) is 0 Å². The van der Waals surface area contributed by atoms with Crippen LogP contribution in [-0.2, 0) is 25.0 Å². The Hall–Kier alpha value is -0.0100. The molecule has 0 N–H and O–H groups in total. The maximum atomic E-state index is 9.79. The van der Waals surface area contributed by atoms with Crippen LogP contribution < -0.4 is 0 Å². The highest BCUT2D eigenvalue weighted by Crippen LogP contribution is 1.81. The van der Waals surface area contributed by atoms with E-state index in [4.69, 9.17) is 4.74 Å². The lowest BCUT2D eigenvalue weighted by Gasteiger charge is -2.05. The molecule has 11 heavy (non-hydrogen) atoms. The lowest BCUT2D eigenvalue weighted by atomic mass is 10.7. The van der Waals surface area contributed by atoms with Gasteiger partial charge in [-0.05, 0) is 0 Å². The predicted molar refractivity (Wildman–Crippen MR) is 37.6 cm³/mol. The summed E-state index contributed by atoms with van der Waals surface area (Å²) in [5, 5.41) is 0. The van der Waals surface area contributed by atoms with E-state index in [1.807, 2.05) is 0 Å². The van der Waals surface area contributed by atoms with Gasteiger partial charge in [0.15, 0.2) is 0 Å². The maximum Gasteiger partial charge on any atom is 0.0862 e. The highest BCUT2D eigenvalue weighted by Gasteiger charge is 1.88. The fourth-order valence-corrected chi connectivity index (χ4v) is 0.609. The molecule has 0 aliphatic heterocycles. The molecule has 0 aromatic rings. The molecule has 0 bridgehead atoms. The average Bonchev–Trinajstić information content (AvgIpc) is 1.96. The Morgan fingerprint density at radius 1 is 1.27 bits per heavy atom. The molecule has 0 aliphatic carbocycles. The molecular formula is C5H11O5S-. The minimum absolute atomic E-state index is 0.0554. The van der Waals surface area contributed by atoms with Gasteiger partial charge in [-0.25, -0.2) is 4.21 Å². The molecule has 0 saturated carbocycles. The molecule has 0 aliphatic rings. The summed E-state index contributed by atoms with van der Waals surface area (Å²) in [6, 6.07) is 0. The van der Waals surface area contributed by atoms with E-state index in [1.54, 1.807) is 7.11 Å². The lowest BCUT2D eigenvalue weighted by Crippen LogP contribution is -2.09. The Labute approximate surface area is 68.1 Å². The first-order valence-electron chi connectivity index (χ1n) is 3.06. The van der Waals surface area contributed by atoms with Crippen molar-refractivity contribution in [2.45, 2.75) is 0 Å². The number of hydrogen-bond donors (Lipinski definition) is 0. The van der Waals surface area contributed by atoms with Gasteiger partial charge < -0.3 is 14.0 Å². The van der Waals surface area contributed by atoms with Crippen LogP contribution in [0.1, 0.15) is 0 Å². The molecule has 0 rings (SSSR count). The largest absolute Gasteiger partial charge is 0.750 e. The quantitative estimate of drug-likeness (QED) is 0.391. The topological polar surface area (TPSA) is 67.8 Å². The first kappa shape index (κ1) is 11.0. The highest BCUT2D eigenvalue weighted by molar-refractivity contribution is 7.74. The lowest BCUT2D eigenvalue weighted by molar-refractivity contribution is 0.0550. The van der Waals surface area contributed by atoms with E-state index < -0.39 is 11.4 Å². The Morgan fingerprint density at radius 2 is 1.91 bits per heavy atom. The van der Waals surface area contributed by atoms with Gasteiger partial charge in [0, 0.05) is 7.11 Å². The zero-order chi connectivity index (χ0) is 8.53. The fourth-order valence-electron chi connectivity index (χ4n) is 0.405. The van der Waals surface area contributed by atoms with Crippen LogP contribution in [0.25, 0.3) is 0 Å². The molecule has 0 radical (unpaired) electrons. The first-order valence-corrected chi connectivity index (χ1v) is 4.06. The van der Waals surface area contributed by atoms with Gasteiger partial charge in [-0.15, -0.1) is 0 Å². The van der Waals surface area contributed by atoms with Gasteiger partial charge in [0.1, 0.15) is 0 Å². The third-order valence-electron chi connectivity index (χ3n) is 0.839. The van der Waals surface area contributed by atoms with Gasteiger partial charge in [0.2, 0.25) is 0 Å². The number of ether oxygens (including phenoxy) is 2. The highest BCUT2D eigenvalue weighted by atomic mass is 32.2. The van der Waals surface area contributed by atoms with Crippen molar-refractivity contribution >= 4 is 11.4 Å². The van der Waals surface area contributed by atoms with Crippen molar-refractivity contribution in [2.75, 3.05) is 33.5 Å². The van der Waals surface area contributed by atoms with Crippen molar-refractivity contribution in [3.05, 3.63) is 0 Å². The normalized spacial score (nSPS) is 13.3. The van der Waals surface area contributed by atoms with Crippen molar-refractivity contribution < 1.29 is 22.4 Å². The number of methoxy groups -OCH3 is 1. The zero-order valence-corrected chi connectivity index (χ0v) is 7.09. The maximum absolute atomic E-state index is 9.79. The third kappa shape index (κ3) is 9.99. The zero-order valence-electron chi connectivity index (χ0n) is 6.28. The molecule has 5 nitrogen and oxygen atoms in total. The van der Waals surface area contributed by atoms with Gasteiger partial charge in [0.05, 0.1) is 37.8 Å². The van der Waals surface area contributed by atoms with Crippen LogP contribution in [0, 0.1) is 0 Å². The van der Waals surface area contributed by atoms with E-state index in [9.17, 15) is 8.76 Å². The van der Waals surface area contributed by atoms with Crippen LogP contribution in [0.3, 0.4) is 0 Å². The van der Waals surface area contributed by atoms with Crippen LogP contribution in [0.15, 0.2) is 0 Å². The van der Waals surface area contributed by atoms with E-state index >= 15 is 0 Å². The van der Waals surface area contributed by atoms with Crippen LogP contribution in [0.4, 0.5) is 0 Å². The summed E-state index contributed by atoms with van der Waals surface area (Å²) in [6.45, 7) is 1.27. The summed E-state index contributed by atoms with van der Waals surface area (Å²) < 4.78 is 33.3. The smallest absolute Gasteiger partial charge is 0.0862 e. The summed E-state index contributed by atoms with van der Waals surface area (Å²) in [7, 11) is 1.56. The van der Waals surface area contributed by atoms with E-state index in [2.05, 4.69) is 8.92 Å². The molecule has 0 spiro atoms. The predicted octanol–water partition coefficient (Wildman–Crippen LogP) is -0.540. The second-order valence-electron chi connectivity index (χ2n) is 1.63.